The van der Waals surface area contributed by atoms with Gasteiger partial charge in [-0.25, -0.2) is 0 Å². The third-order valence-corrected chi connectivity index (χ3v) is 3.14. The second-order valence-electron chi connectivity index (χ2n) is 4.52. The van der Waals surface area contributed by atoms with Crippen molar-refractivity contribution in [3.05, 3.63) is 67.8 Å². The van der Waals surface area contributed by atoms with Gasteiger partial charge in [-0.15, -0.1) is 0 Å². The Morgan fingerprint density at radius 3 is 1.40 bits per heavy atom. The Balaban J connectivity index is 2.57. The van der Waals surface area contributed by atoms with Gasteiger partial charge >= 0.3 is 0 Å². The average molecular weight is 272 g/mol. The van der Waals surface area contributed by atoms with E-state index in [2.05, 4.69) is 0 Å². The number of hydrogen-bond acceptors (Lipinski definition) is 4. The van der Waals surface area contributed by atoms with Crippen LogP contribution in [-0.2, 0) is 0 Å². The molecule has 0 aliphatic rings. The van der Waals surface area contributed by atoms with E-state index in [0.29, 0.717) is 22.3 Å². The van der Waals surface area contributed by atoms with Gasteiger partial charge in [0.2, 0.25) is 0 Å². The average Bonchev–Trinajstić information content (AvgIpc) is 2.39. The number of hydrogen-bond donors (Lipinski definition) is 0. The number of nitro groups is 2. The highest BCUT2D eigenvalue weighted by Crippen LogP contribution is 2.30. The molecule has 0 amide bonds. The molecular weight excluding hydrogens is 260 g/mol. The molecule has 6 heteroatoms. The SMILES string of the molecule is Cc1ccc(-c2ccc(C)c([N+](=O)[O-])c2)cc1[N+](=O)[O-]. The summed E-state index contributed by atoms with van der Waals surface area (Å²) in [6, 6.07) is 9.58. The summed E-state index contributed by atoms with van der Waals surface area (Å²) in [4.78, 5) is 20.9. The first-order chi connectivity index (χ1) is 9.40. The summed E-state index contributed by atoms with van der Waals surface area (Å²) in [6.07, 6.45) is 0. The predicted octanol–water partition coefficient (Wildman–Crippen LogP) is 3.79. The molecule has 20 heavy (non-hydrogen) atoms. The third kappa shape index (κ3) is 2.49. The van der Waals surface area contributed by atoms with Crippen LogP contribution in [0.15, 0.2) is 36.4 Å². The standard InChI is InChI=1S/C14H12N2O4/c1-9-3-5-11(7-13(9)15(17)18)12-6-4-10(2)14(8-12)16(19)20/h3-8H,1-2H3. The zero-order chi connectivity index (χ0) is 14.9. The monoisotopic (exact) mass is 272 g/mol. The molecule has 0 heterocycles. The van der Waals surface area contributed by atoms with Crippen molar-refractivity contribution < 1.29 is 9.85 Å². The minimum Gasteiger partial charge on any atom is -0.258 e. The molecular formula is C14H12N2O4. The van der Waals surface area contributed by atoms with Crippen LogP contribution in [0.4, 0.5) is 11.4 Å². The van der Waals surface area contributed by atoms with Crippen LogP contribution in [0.5, 0.6) is 0 Å². The van der Waals surface area contributed by atoms with Gasteiger partial charge in [-0.2, -0.15) is 0 Å². The van der Waals surface area contributed by atoms with Crippen molar-refractivity contribution in [2.45, 2.75) is 13.8 Å². The molecule has 2 rings (SSSR count). The molecule has 0 atom stereocenters. The molecule has 0 unspecified atom stereocenters. The smallest absolute Gasteiger partial charge is 0.258 e. The molecule has 0 N–H and O–H groups in total. The van der Waals surface area contributed by atoms with Crippen molar-refractivity contribution >= 4 is 11.4 Å². The molecule has 0 fully saturated rings. The highest BCUT2D eigenvalue weighted by atomic mass is 16.6. The number of benzene rings is 2. The molecule has 0 saturated carbocycles. The second kappa shape index (κ2) is 5.08. The van der Waals surface area contributed by atoms with Crippen molar-refractivity contribution in [1.82, 2.24) is 0 Å². The lowest BCUT2D eigenvalue weighted by atomic mass is 10.0. The van der Waals surface area contributed by atoms with Crippen LogP contribution in [0.2, 0.25) is 0 Å². The zero-order valence-corrected chi connectivity index (χ0v) is 11.0. The van der Waals surface area contributed by atoms with E-state index in [-0.39, 0.29) is 11.4 Å². The van der Waals surface area contributed by atoms with Crippen LogP contribution >= 0.6 is 0 Å². The van der Waals surface area contributed by atoms with E-state index in [1.165, 1.54) is 12.1 Å². The van der Waals surface area contributed by atoms with Crippen LogP contribution in [0, 0.1) is 34.1 Å². The number of aryl methyl sites for hydroxylation is 2. The van der Waals surface area contributed by atoms with Gasteiger partial charge < -0.3 is 0 Å². The fourth-order valence-electron chi connectivity index (χ4n) is 1.97. The van der Waals surface area contributed by atoms with Gasteiger partial charge in [0.25, 0.3) is 11.4 Å². The quantitative estimate of drug-likeness (QED) is 0.628. The summed E-state index contributed by atoms with van der Waals surface area (Å²) in [5.74, 6) is 0. The van der Waals surface area contributed by atoms with Crippen LogP contribution in [0.25, 0.3) is 11.1 Å². The molecule has 0 aliphatic heterocycles. The largest absolute Gasteiger partial charge is 0.272 e. The van der Waals surface area contributed by atoms with E-state index in [1.807, 2.05) is 0 Å². The Labute approximate surface area is 115 Å². The first kappa shape index (κ1) is 13.7. The zero-order valence-electron chi connectivity index (χ0n) is 11.0. The highest BCUT2D eigenvalue weighted by molar-refractivity contribution is 5.70. The van der Waals surface area contributed by atoms with Crippen molar-refractivity contribution in [2.75, 3.05) is 0 Å². The number of rotatable bonds is 3. The Morgan fingerprint density at radius 1 is 0.750 bits per heavy atom. The van der Waals surface area contributed by atoms with E-state index in [1.54, 1.807) is 38.1 Å². The minimum absolute atomic E-state index is 0.00530. The molecule has 102 valence electrons. The summed E-state index contributed by atoms with van der Waals surface area (Å²) < 4.78 is 0. The Kier molecular flexibility index (Phi) is 3.47. The van der Waals surface area contributed by atoms with Gasteiger partial charge in [0.15, 0.2) is 0 Å². The molecule has 0 aliphatic carbocycles. The number of nitro benzene ring substituents is 2. The normalized spacial score (nSPS) is 10.3. The second-order valence-corrected chi connectivity index (χ2v) is 4.52. The first-order valence-corrected chi connectivity index (χ1v) is 5.90. The summed E-state index contributed by atoms with van der Waals surface area (Å²) in [5, 5.41) is 21.9. The molecule has 0 bridgehead atoms. The Hall–Kier alpha value is -2.76. The molecule has 0 saturated heterocycles. The molecule has 0 aromatic heterocycles. The van der Waals surface area contributed by atoms with E-state index in [4.69, 9.17) is 0 Å². The van der Waals surface area contributed by atoms with Gasteiger partial charge in [-0.1, -0.05) is 24.3 Å². The van der Waals surface area contributed by atoms with Crippen molar-refractivity contribution in [1.29, 1.82) is 0 Å². The van der Waals surface area contributed by atoms with Crippen LogP contribution < -0.4 is 0 Å². The van der Waals surface area contributed by atoms with Crippen molar-refractivity contribution in [3.8, 4) is 11.1 Å². The predicted molar refractivity (Wildman–Crippen MR) is 74.7 cm³/mol. The van der Waals surface area contributed by atoms with Gasteiger partial charge in [-0.3, -0.25) is 20.2 Å². The molecule has 2 aromatic carbocycles. The van der Waals surface area contributed by atoms with E-state index in [0.717, 1.165) is 0 Å². The molecule has 6 nitrogen and oxygen atoms in total. The van der Waals surface area contributed by atoms with Gasteiger partial charge in [0, 0.05) is 23.3 Å². The summed E-state index contributed by atoms with van der Waals surface area (Å²) >= 11 is 0. The lowest BCUT2D eigenvalue weighted by Crippen LogP contribution is -1.94. The maximum absolute atomic E-state index is 10.9. The Bertz CT molecular complexity index is 649. The summed E-state index contributed by atoms with van der Waals surface area (Å²) in [7, 11) is 0. The van der Waals surface area contributed by atoms with E-state index < -0.39 is 9.85 Å². The fourth-order valence-corrected chi connectivity index (χ4v) is 1.97. The Morgan fingerprint density at radius 2 is 1.10 bits per heavy atom. The number of nitrogens with zero attached hydrogens (tertiary/aromatic N) is 2. The van der Waals surface area contributed by atoms with Gasteiger partial charge in [0.05, 0.1) is 9.85 Å². The lowest BCUT2D eigenvalue weighted by Gasteiger charge is -2.05. The molecule has 0 radical (unpaired) electrons. The molecule has 2 aromatic rings. The van der Waals surface area contributed by atoms with Crippen molar-refractivity contribution in [3.63, 3.8) is 0 Å². The maximum atomic E-state index is 10.9. The third-order valence-electron chi connectivity index (χ3n) is 3.14. The minimum atomic E-state index is -0.457. The summed E-state index contributed by atoms with van der Waals surface area (Å²) in [5.41, 5.74) is 2.30. The van der Waals surface area contributed by atoms with Crippen LogP contribution in [0.3, 0.4) is 0 Å². The first-order valence-electron chi connectivity index (χ1n) is 5.90. The van der Waals surface area contributed by atoms with Crippen molar-refractivity contribution in [2.24, 2.45) is 0 Å². The van der Waals surface area contributed by atoms with Crippen LogP contribution in [-0.4, -0.2) is 9.85 Å². The maximum Gasteiger partial charge on any atom is 0.272 e. The van der Waals surface area contributed by atoms with Crippen LogP contribution in [0.1, 0.15) is 11.1 Å². The van der Waals surface area contributed by atoms with E-state index in [9.17, 15) is 20.2 Å². The van der Waals surface area contributed by atoms with Gasteiger partial charge in [0.1, 0.15) is 0 Å². The summed E-state index contributed by atoms with van der Waals surface area (Å²) in [6.45, 7) is 3.30. The topological polar surface area (TPSA) is 86.3 Å². The highest BCUT2D eigenvalue weighted by Gasteiger charge is 2.15. The van der Waals surface area contributed by atoms with Gasteiger partial charge in [-0.05, 0) is 25.0 Å². The fraction of sp³-hybridized carbons (Fsp3) is 0.143. The lowest BCUT2D eigenvalue weighted by molar-refractivity contribution is -0.385. The van der Waals surface area contributed by atoms with E-state index >= 15 is 0 Å². The molecule has 0 spiro atoms.